The van der Waals surface area contributed by atoms with E-state index in [1.165, 1.54) is 49.9 Å². The third-order valence-electron chi connectivity index (χ3n) is 16.4. The SMILES string of the molecule is C[C@@H]1C[C@@H]2CN(c3cc4c(cc3NC(=O)c3cnn5cccnc35)CN(C[C@@H](F)C(C)(C)O)C4=O)CCN2C1.C[C@H]1C[C@@H]2CN(c3cc4c(cc3NC(=O)c3cnn5cccnc35)CN(C[C@@H](F)C(C)(C)O)C4=O)CCN2C1. The Kier molecular flexibility index (Phi) is 14.0. The van der Waals surface area contributed by atoms with Gasteiger partial charge in [0.25, 0.3) is 23.6 Å². The number of amides is 4. The minimum absolute atomic E-state index is 0.208. The molecule has 412 valence electrons. The largest absolute Gasteiger partial charge is 0.387 e. The fraction of sp³-hybridized carbons (Fsp3) is 0.500. The molecule has 2 aromatic carbocycles. The van der Waals surface area contributed by atoms with Crippen molar-refractivity contribution in [2.75, 3.05) is 85.9 Å². The van der Waals surface area contributed by atoms with Crippen LogP contribution >= 0.6 is 0 Å². The van der Waals surface area contributed by atoms with E-state index in [0.717, 1.165) is 76.6 Å². The summed E-state index contributed by atoms with van der Waals surface area (Å²) in [6, 6.07) is 11.7. The van der Waals surface area contributed by atoms with Gasteiger partial charge in [-0.15, -0.1) is 0 Å². The molecule has 4 N–H and O–H groups in total. The van der Waals surface area contributed by atoms with Gasteiger partial charge in [0.15, 0.2) is 11.3 Å². The highest BCUT2D eigenvalue weighted by Gasteiger charge is 2.41. The summed E-state index contributed by atoms with van der Waals surface area (Å²) in [6.45, 7) is 17.3. The molecule has 4 aromatic heterocycles. The number of hydrogen-bond donors (Lipinski definition) is 4. The lowest BCUT2D eigenvalue weighted by molar-refractivity contribution is -0.0163. The number of aliphatic hydroxyl groups is 2. The molecule has 78 heavy (non-hydrogen) atoms. The molecule has 6 atom stereocenters. The quantitative estimate of drug-likeness (QED) is 0.125. The first-order valence-corrected chi connectivity index (χ1v) is 27.0. The Balaban J connectivity index is 0.000000165. The van der Waals surface area contributed by atoms with Crippen LogP contribution in [0.15, 0.2) is 73.6 Å². The summed E-state index contributed by atoms with van der Waals surface area (Å²) in [5, 5.41) is 34.8. The Bertz CT molecular complexity index is 3080. The summed E-state index contributed by atoms with van der Waals surface area (Å²) < 4.78 is 32.5. The molecule has 4 amide bonds. The van der Waals surface area contributed by atoms with Gasteiger partial charge >= 0.3 is 0 Å². The van der Waals surface area contributed by atoms with E-state index in [1.807, 2.05) is 24.3 Å². The highest BCUT2D eigenvalue weighted by molar-refractivity contribution is 6.11. The van der Waals surface area contributed by atoms with Gasteiger partial charge in [-0.05, 0) is 99.9 Å². The molecule has 10 heterocycles. The van der Waals surface area contributed by atoms with E-state index < -0.39 is 23.5 Å². The number of nitrogens with zero attached hydrogens (tertiary/aromatic N) is 12. The van der Waals surface area contributed by atoms with Crippen molar-refractivity contribution < 1.29 is 38.2 Å². The van der Waals surface area contributed by atoms with E-state index >= 15 is 0 Å². The fourth-order valence-corrected chi connectivity index (χ4v) is 12.1. The van der Waals surface area contributed by atoms with Gasteiger partial charge in [-0.25, -0.2) is 27.8 Å². The van der Waals surface area contributed by atoms with Gasteiger partial charge in [0.05, 0.1) is 59.4 Å². The van der Waals surface area contributed by atoms with Gasteiger partial charge in [0.2, 0.25) is 0 Å². The lowest BCUT2D eigenvalue weighted by Crippen LogP contribution is -2.50. The summed E-state index contributed by atoms with van der Waals surface area (Å²) in [7, 11) is 0. The highest BCUT2D eigenvalue weighted by atomic mass is 19.1. The van der Waals surface area contributed by atoms with E-state index in [-0.39, 0.29) is 49.8 Å². The van der Waals surface area contributed by atoms with Crippen LogP contribution in [0.2, 0.25) is 0 Å². The number of fused-ring (bicyclic) bond motifs is 6. The lowest BCUT2D eigenvalue weighted by atomic mass is 10.0. The molecular formula is C56H68F2N14O6. The van der Waals surface area contributed by atoms with Crippen LogP contribution in [-0.4, -0.2) is 184 Å². The molecule has 0 bridgehead atoms. The maximum absolute atomic E-state index is 14.7. The molecule has 20 nitrogen and oxygen atoms in total. The van der Waals surface area contributed by atoms with Crippen molar-refractivity contribution >= 4 is 57.7 Å². The van der Waals surface area contributed by atoms with Crippen LogP contribution in [0, 0.1) is 11.8 Å². The molecule has 22 heteroatoms. The Morgan fingerprint density at radius 2 is 1.05 bits per heavy atom. The zero-order valence-corrected chi connectivity index (χ0v) is 44.9. The minimum atomic E-state index is -1.59. The number of piperazine rings is 2. The van der Waals surface area contributed by atoms with Crippen LogP contribution in [0.5, 0.6) is 0 Å². The highest BCUT2D eigenvalue weighted by Crippen LogP contribution is 2.40. The molecule has 0 spiro atoms. The fourth-order valence-electron chi connectivity index (χ4n) is 12.1. The van der Waals surface area contributed by atoms with Gasteiger partial charge in [-0.2, -0.15) is 10.2 Å². The topological polar surface area (TPSA) is 213 Å². The molecule has 12 rings (SSSR count). The zero-order chi connectivity index (χ0) is 54.9. The average molecular weight is 1070 g/mol. The van der Waals surface area contributed by atoms with Crippen molar-refractivity contribution in [2.45, 2.75) is 103 Å². The number of carbonyl (C=O) groups excluding carboxylic acids is 4. The standard InChI is InChI=1S/2C28H34FN7O3/c2*1-17-9-19-15-34(8-7-33(19)13-17)23-11-20-18(14-35(27(20)38)16-24(29)28(2,3)39)10-22(23)32-26(37)21-12-31-36-6-4-5-30-25(21)36/h2*4-6,10-12,17,19,24,39H,7-9,13-16H2,1-3H3,(H,32,37)/t17-,19+,24+;17-,19-,24-/m01/s1. The van der Waals surface area contributed by atoms with Crippen LogP contribution in [-0.2, 0) is 13.1 Å². The maximum Gasteiger partial charge on any atom is 0.261 e. The van der Waals surface area contributed by atoms with Crippen molar-refractivity contribution in [1.29, 1.82) is 0 Å². The second kappa shape index (κ2) is 20.6. The zero-order valence-electron chi connectivity index (χ0n) is 44.9. The van der Waals surface area contributed by atoms with Gasteiger partial charge in [-0.1, -0.05) is 13.8 Å². The molecule has 0 unspecified atom stereocenters. The molecule has 0 aliphatic carbocycles. The molecule has 4 fully saturated rings. The third kappa shape index (κ3) is 10.4. The first-order chi connectivity index (χ1) is 37.2. The normalized spacial score (nSPS) is 22.3. The van der Waals surface area contributed by atoms with Gasteiger partial charge in [0, 0.05) is 113 Å². The van der Waals surface area contributed by atoms with Gasteiger partial charge in [0.1, 0.15) is 23.5 Å². The third-order valence-corrected chi connectivity index (χ3v) is 16.4. The minimum Gasteiger partial charge on any atom is -0.387 e. The van der Waals surface area contributed by atoms with Crippen molar-refractivity contribution in [3.63, 3.8) is 0 Å². The Morgan fingerprint density at radius 3 is 1.45 bits per heavy atom. The number of alkyl halides is 2. The summed E-state index contributed by atoms with van der Waals surface area (Å²) in [5.41, 5.74) is 3.68. The number of benzene rings is 2. The maximum atomic E-state index is 14.7. The summed E-state index contributed by atoms with van der Waals surface area (Å²) in [4.78, 5) is 74.5. The van der Waals surface area contributed by atoms with E-state index in [0.29, 0.717) is 80.0 Å². The van der Waals surface area contributed by atoms with Crippen molar-refractivity contribution in [3.05, 3.63) is 107 Å². The Hall–Kier alpha value is -7.14. The molecule has 0 radical (unpaired) electrons. The van der Waals surface area contributed by atoms with Crippen LogP contribution in [0.25, 0.3) is 11.3 Å². The van der Waals surface area contributed by atoms with Crippen LogP contribution in [0.4, 0.5) is 31.5 Å². The second-order valence-electron chi connectivity index (χ2n) is 23.3. The predicted octanol–water partition coefficient (Wildman–Crippen LogP) is 5.15. The number of halogens is 2. The number of hydrogen-bond acceptors (Lipinski definition) is 14. The molecule has 6 aromatic rings. The molecular weight excluding hydrogens is 1000 g/mol. The lowest BCUT2D eigenvalue weighted by Gasteiger charge is -2.39. The van der Waals surface area contributed by atoms with E-state index in [9.17, 15) is 38.2 Å². The number of nitrogens with one attached hydrogen (secondary N) is 2. The predicted molar refractivity (Wildman–Crippen MR) is 289 cm³/mol. The first kappa shape index (κ1) is 52.9. The van der Waals surface area contributed by atoms with Crippen LogP contribution in [0.1, 0.15) is 107 Å². The monoisotopic (exact) mass is 1070 g/mol. The molecule has 6 aliphatic heterocycles. The van der Waals surface area contributed by atoms with E-state index in [4.69, 9.17) is 0 Å². The first-order valence-electron chi connectivity index (χ1n) is 27.0. The Morgan fingerprint density at radius 1 is 0.641 bits per heavy atom. The summed E-state index contributed by atoms with van der Waals surface area (Å²) >= 11 is 0. The number of aromatic nitrogens is 6. The summed E-state index contributed by atoms with van der Waals surface area (Å²) in [5.74, 6) is 0.0516. The smallest absolute Gasteiger partial charge is 0.261 e. The number of rotatable bonds is 12. The average Bonchev–Trinajstić information content (AvgIpc) is 4.39. The Labute approximate surface area is 451 Å². The van der Waals surface area contributed by atoms with Crippen LogP contribution < -0.4 is 20.4 Å². The van der Waals surface area contributed by atoms with Crippen molar-refractivity contribution in [1.82, 2.24) is 48.8 Å². The molecule has 6 aliphatic rings. The second-order valence-corrected chi connectivity index (χ2v) is 23.3. The van der Waals surface area contributed by atoms with E-state index in [2.05, 4.69) is 64.2 Å². The van der Waals surface area contributed by atoms with Gasteiger partial charge < -0.3 is 40.4 Å². The van der Waals surface area contributed by atoms with E-state index in [1.54, 1.807) is 46.0 Å². The summed E-state index contributed by atoms with van der Waals surface area (Å²) in [6.07, 6.45) is 8.72. The van der Waals surface area contributed by atoms with Crippen LogP contribution in [0.3, 0.4) is 0 Å². The molecule has 4 saturated heterocycles. The van der Waals surface area contributed by atoms with Gasteiger partial charge in [-0.3, -0.25) is 29.0 Å². The van der Waals surface area contributed by atoms with Crippen molar-refractivity contribution in [2.24, 2.45) is 11.8 Å². The van der Waals surface area contributed by atoms with Crippen molar-refractivity contribution in [3.8, 4) is 0 Å². The number of carbonyl (C=O) groups is 4. The molecule has 0 saturated carbocycles. The number of anilines is 4.